The van der Waals surface area contributed by atoms with Crippen LogP contribution in [0, 0.1) is 13.8 Å². The number of rotatable bonds is 7. The van der Waals surface area contributed by atoms with Gasteiger partial charge in [-0.05, 0) is 38.1 Å². The monoisotopic (exact) mass is 370 g/mol. The van der Waals surface area contributed by atoms with Crippen molar-refractivity contribution in [2.24, 2.45) is 0 Å². The number of benzene rings is 1. The maximum Gasteiger partial charge on any atom is 0.231 e. The molecule has 26 heavy (non-hydrogen) atoms. The number of aromatic nitrogens is 1. The minimum absolute atomic E-state index is 0.0403. The smallest absolute Gasteiger partial charge is 0.231 e. The van der Waals surface area contributed by atoms with Gasteiger partial charge in [-0.15, -0.1) is 11.3 Å². The van der Waals surface area contributed by atoms with E-state index in [-0.39, 0.29) is 5.91 Å². The molecule has 1 atom stereocenters. The maximum atomic E-state index is 12.2. The van der Waals surface area contributed by atoms with Gasteiger partial charge in [0, 0.05) is 11.1 Å². The zero-order valence-electron chi connectivity index (χ0n) is 15.3. The first-order valence-electron chi connectivity index (χ1n) is 8.64. The molecule has 0 aliphatic carbocycles. The van der Waals surface area contributed by atoms with Crippen molar-refractivity contribution in [2.45, 2.75) is 33.4 Å². The molecule has 0 aliphatic rings. The fourth-order valence-corrected chi connectivity index (χ4v) is 3.53. The van der Waals surface area contributed by atoms with Crippen molar-refractivity contribution in [3.05, 3.63) is 69.6 Å². The molecule has 1 unspecified atom stereocenters. The van der Waals surface area contributed by atoms with Gasteiger partial charge in [0.15, 0.2) is 5.76 Å². The van der Waals surface area contributed by atoms with Gasteiger partial charge in [0.25, 0.3) is 0 Å². The van der Waals surface area contributed by atoms with Crippen molar-refractivity contribution >= 4 is 22.9 Å². The molecule has 0 fully saturated rings. The Labute approximate surface area is 157 Å². The predicted octanol–water partition coefficient (Wildman–Crippen LogP) is 2.75. The summed E-state index contributed by atoms with van der Waals surface area (Å²) < 4.78 is 5.62. The molecule has 2 heterocycles. The molecule has 0 aliphatic heterocycles. The zero-order valence-corrected chi connectivity index (χ0v) is 16.2. The van der Waals surface area contributed by atoms with Gasteiger partial charge >= 0.3 is 0 Å². The van der Waals surface area contributed by atoms with Gasteiger partial charge in [0.2, 0.25) is 5.91 Å². The number of hydrogen-bond acceptors (Lipinski definition) is 4. The molecule has 6 heteroatoms. The van der Waals surface area contributed by atoms with Crippen LogP contribution in [-0.2, 0) is 24.3 Å². The Kier molecular flexibility index (Phi) is 5.85. The van der Waals surface area contributed by atoms with E-state index in [0.29, 0.717) is 6.42 Å². The van der Waals surface area contributed by atoms with Crippen LogP contribution < -0.4 is 10.2 Å². The molecule has 2 aromatic heterocycles. The fraction of sp³-hybridized carbons (Fsp3) is 0.300. The van der Waals surface area contributed by atoms with Crippen LogP contribution in [0.3, 0.4) is 0 Å². The second-order valence-electron chi connectivity index (χ2n) is 6.65. The highest BCUT2D eigenvalue weighted by atomic mass is 32.1. The van der Waals surface area contributed by atoms with Gasteiger partial charge in [-0.1, -0.05) is 17.7 Å². The van der Waals surface area contributed by atoms with E-state index in [9.17, 15) is 4.79 Å². The van der Waals surface area contributed by atoms with Gasteiger partial charge < -0.3 is 14.6 Å². The van der Waals surface area contributed by atoms with Crippen LogP contribution in [0.1, 0.15) is 27.8 Å². The van der Waals surface area contributed by atoms with Crippen LogP contribution in [0.5, 0.6) is 0 Å². The van der Waals surface area contributed by atoms with Gasteiger partial charge in [-0.3, -0.25) is 4.79 Å². The summed E-state index contributed by atoms with van der Waals surface area (Å²) in [5.41, 5.74) is 2.99. The first-order valence-corrected chi connectivity index (χ1v) is 9.52. The van der Waals surface area contributed by atoms with E-state index < -0.39 is 0 Å². The predicted molar refractivity (Wildman–Crippen MR) is 103 cm³/mol. The minimum Gasteiger partial charge on any atom is -0.460 e. The lowest BCUT2D eigenvalue weighted by atomic mass is 10.2. The van der Waals surface area contributed by atoms with Gasteiger partial charge in [-0.2, -0.15) is 0 Å². The normalized spacial score (nSPS) is 12.1. The summed E-state index contributed by atoms with van der Waals surface area (Å²) >= 11 is 1.53. The molecule has 0 bridgehead atoms. The molecule has 0 saturated carbocycles. The molecule has 0 saturated heterocycles. The molecule has 5 nitrogen and oxygen atoms in total. The lowest BCUT2D eigenvalue weighted by Gasteiger charge is -2.10. The van der Waals surface area contributed by atoms with Gasteiger partial charge in [-0.25, -0.2) is 4.98 Å². The van der Waals surface area contributed by atoms with E-state index >= 15 is 0 Å². The Morgan fingerprint density at radius 1 is 1.15 bits per heavy atom. The molecule has 2 N–H and O–H groups in total. The molecule has 0 spiro atoms. The topological polar surface area (TPSA) is 59.6 Å². The number of hydrogen-bond donors (Lipinski definition) is 2. The van der Waals surface area contributed by atoms with E-state index in [2.05, 4.69) is 17.3 Å². The van der Waals surface area contributed by atoms with Gasteiger partial charge in [0.05, 0.1) is 13.5 Å². The molecule has 3 rings (SSSR count). The number of nitrogens with zero attached hydrogens (tertiary/aromatic N) is 1. The number of amides is 1. The van der Waals surface area contributed by atoms with Crippen LogP contribution in [0.25, 0.3) is 0 Å². The Balaban J connectivity index is 1.50. The largest absolute Gasteiger partial charge is 0.460 e. The SMILES string of the molecule is Cc1ccc(NC(=O)Cc2nc(C[NH+](C)Cc3ccc(C)o3)cs2)cc1. The quantitative estimate of drug-likeness (QED) is 0.672. The van der Waals surface area contributed by atoms with Crippen LogP contribution in [0.4, 0.5) is 5.69 Å². The number of furan rings is 1. The third-order valence-corrected chi connectivity index (χ3v) is 4.90. The summed E-state index contributed by atoms with van der Waals surface area (Å²) in [6.45, 7) is 5.59. The highest BCUT2D eigenvalue weighted by molar-refractivity contribution is 7.09. The Bertz CT molecular complexity index is 867. The lowest BCUT2D eigenvalue weighted by Crippen LogP contribution is -3.06. The number of nitrogens with one attached hydrogen (secondary N) is 2. The van der Waals surface area contributed by atoms with Crippen LogP contribution in [0.15, 0.2) is 46.2 Å². The summed E-state index contributed by atoms with van der Waals surface area (Å²) in [6.07, 6.45) is 0.301. The van der Waals surface area contributed by atoms with E-state index in [4.69, 9.17) is 4.42 Å². The van der Waals surface area contributed by atoms with Crippen molar-refractivity contribution in [3.8, 4) is 0 Å². The second kappa shape index (κ2) is 8.29. The zero-order chi connectivity index (χ0) is 18.5. The average molecular weight is 370 g/mol. The molecular formula is C20H24N3O2S+. The van der Waals surface area contributed by atoms with Crippen LogP contribution in [-0.4, -0.2) is 17.9 Å². The van der Waals surface area contributed by atoms with Crippen LogP contribution in [0.2, 0.25) is 0 Å². The third-order valence-electron chi connectivity index (χ3n) is 4.00. The molecule has 1 aromatic carbocycles. The molecule has 3 aromatic rings. The Morgan fingerprint density at radius 3 is 2.62 bits per heavy atom. The van der Waals surface area contributed by atoms with E-state index in [1.807, 2.05) is 55.6 Å². The first kappa shape index (κ1) is 18.4. The molecule has 1 amide bonds. The summed E-state index contributed by atoms with van der Waals surface area (Å²) in [4.78, 5) is 18.1. The standard InChI is InChI=1S/C20H23N3O2S/c1-14-4-7-16(8-5-14)21-19(24)10-20-22-17(13-26-20)11-23(3)12-18-9-6-15(2)25-18/h4-9,13H,10-12H2,1-3H3,(H,21,24)/p+1. The Hall–Kier alpha value is -2.44. The van der Waals surface area contributed by atoms with Crippen molar-refractivity contribution in [1.29, 1.82) is 0 Å². The van der Waals surface area contributed by atoms with Gasteiger partial charge in [0.1, 0.15) is 29.6 Å². The van der Waals surface area contributed by atoms with Crippen molar-refractivity contribution in [1.82, 2.24) is 4.98 Å². The number of aryl methyl sites for hydroxylation is 2. The molecule has 0 radical (unpaired) electrons. The highest BCUT2D eigenvalue weighted by Gasteiger charge is 2.13. The van der Waals surface area contributed by atoms with Crippen molar-refractivity contribution in [3.63, 3.8) is 0 Å². The lowest BCUT2D eigenvalue weighted by molar-refractivity contribution is -0.909. The fourth-order valence-electron chi connectivity index (χ4n) is 2.74. The third kappa shape index (κ3) is 5.28. The number of thiazole rings is 1. The number of carbonyl (C=O) groups is 1. The van der Waals surface area contributed by atoms with E-state index in [0.717, 1.165) is 41.0 Å². The number of anilines is 1. The first-order chi connectivity index (χ1) is 12.5. The van der Waals surface area contributed by atoms with Crippen molar-refractivity contribution < 1.29 is 14.1 Å². The van der Waals surface area contributed by atoms with Crippen LogP contribution >= 0.6 is 11.3 Å². The molecular weight excluding hydrogens is 346 g/mol. The summed E-state index contributed by atoms with van der Waals surface area (Å²) in [6, 6.07) is 11.8. The summed E-state index contributed by atoms with van der Waals surface area (Å²) in [5.74, 6) is 1.87. The second-order valence-corrected chi connectivity index (χ2v) is 7.59. The number of quaternary nitrogens is 1. The van der Waals surface area contributed by atoms with E-state index in [1.54, 1.807) is 0 Å². The Morgan fingerprint density at radius 2 is 1.92 bits per heavy atom. The minimum atomic E-state index is -0.0403. The highest BCUT2D eigenvalue weighted by Crippen LogP contribution is 2.13. The summed E-state index contributed by atoms with van der Waals surface area (Å²) in [5, 5.41) is 5.79. The van der Waals surface area contributed by atoms with Crippen molar-refractivity contribution in [2.75, 3.05) is 12.4 Å². The average Bonchev–Trinajstić information content (AvgIpc) is 3.18. The summed E-state index contributed by atoms with van der Waals surface area (Å²) in [7, 11) is 2.11. The maximum absolute atomic E-state index is 12.2. The van der Waals surface area contributed by atoms with E-state index in [1.165, 1.54) is 21.8 Å². The number of carbonyl (C=O) groups excluding carboxylic acids is 1. The molecule has 136 valence electrons.